The second-order valence-electron chi connectivity index (χ2n) is 8.60. The second kappa shape index (κ2) is 7.11. The highest BCUT2D eigenvalue weighted by Gasteiger charge is 2.50. The van der Waals surface area contributed by atoms with Crippen molar-refractivity contribution < 1.29 is 18.3 Å². The van der Waals surface area contributed by atoms with Gasteiger partial charge in [-0.1, -0.05) is 13.3 Å². The van der Waals surface area contributed by atoms with Crippen molar-refractivity contribution in [2.24, 2.45) is 11.8 Å². The number of hydrogen-bond donors (Lipinski definition) is 1. The molecule has 0 aromatic heterocycles. The van der Waals surface area contributed by atoms with E-state index in [1.54, 1.807) is 34.3 Å². The van der Waals surface area contributed by atoms with Gasteiger partial charge in [0.1, 0.15) is 0 Å². The summed E-state index contributed by atoms with van der Waals surface area (Å²) in [6.07, 6.45) is 4.99. The fraction of sp³-hybridized carbons (Fsp3) is 0.667. The number of sulfonamides is 1. The fourth-order valence-corrected chi connectivity index (χ4v) is 7.01. The topological polar surface area (TPSA) is 77.9 Å². The predicted molar refractivity (Wildman–Crippen MR) is 108 cm³/mol. The van der Waals surface area contributed by atoms with Gasteiger partial charge in [-0.2, -0.15) is 4.31 Å². The average Bonchev–Trinajstić information content (AvgIpc) is 3.14. The van der Waals surface area contributed by atoms with Crippen LogP contribution in [-0.4, -0.2) is 49.0 Å². The van der Waals surface area contributed by atoms with Crippen LogP contribution in [0.25, 0.3) is 0 Å². The molecule has 4 rings (SSSR count). The Morgan fingerprint density at radius 3 is 2.79 bits per heavy atom. The van der Waals surface area contributed by atoms with Gasteiger partial charge < -0.3 is 10.0 Å². The van der Waals surface area contributed by atoms with Gasteiger partial charge in [-0.15, -0.1) is 0 Å². The van der Waals surface area contributed by atoms with Crippen molar-refractivity contribution in [3.8, 4) is 0 Å². The van der Waals surface area contributed by atoms with Crippen LogP contribution in [0.2, 0.25) is 0 Å². The molecule has 1 saturated carbocycles. The fourth-order valence-electron chi connectivity index (χ4n) is 5.43. The Morgan fingerprint density at radius 2 is 2.07 bits per heavy atom. The molecule has 1 N–H and O–H groups in total. The minimum atomic E-state index is -3.61. The van der Waals surface area contributed by atoms with E-state index in [9.17, 15) is 18.3 Å². The number of anilines is 1. The zero-order valence-corrected chi connectivity index (χ0v) is 17.5. The third-order valence-corrected chi connectivity index (χ3v) is 8.91. The van der Waals surface area contributed by atoms with Gasteiger partial charge in [0.25, 0.3) is 0 Å². The maximum absolute atomic E-state index is 13.3. The highest BCUT2D eigenvalue weighted by atomic mass is 32.2. The van der Waals surface area contributed by atoms with Crippen molar-refractivity contribution in [1.82, 2.24) is 4.31 Å². The Morgan fingerprint density at radius 1 is 1.29 bits per heavy atom. The van der Waals surface area contributed by atoms with E-state index < -0.39 is 15.6 Å². The van der Waals surface area contributed by atoms with Crippen LogP contribution in [0.4, 0.5) is 5.69 Å². The van der Waals surface area contributed by atoms with Crippen molar-refractivity contribution in [1.29, 1.82) is 0 Å². The smallest absolute Gasteiger partial charge is 0.243 e. The quantitative estimate of drug-likeness (QED) is 0.837. The molecular weight excluding hydrogens is 376 g/mol. The molecule has 0 spiro atoms. The zero-order chi connectivity index (χ0) is 20.1. The Bertz CT molecular complexity index is 884. The summed E-state index contributed by atoms with van der Waals surface area (Å²) in [6, 6.07) is 5.14. The first-order valence-electron chi connectivity index (χ1n) is 10.4. The van der Waals surface area contributed by atoms with E-state index >= 15 is 0 Å². The molecule has 154 valence electrons. The molecule has 2 aliphatic heterocycles. The number of carbonyl (C=O) groups is 1. The average molecular weight is 407 g/mol. The van der Waals surface area contributed by atoms with Gasteiger partial charge in [-0.3, -0.25) is 4.79 Å². The first-order chi connectivity index (χ1) is 13.3. The molecule has 0 radical (unpaired) electrons. The highest BCUT2D eigenvalue weighted by Crippen LogP contribution is 2.45. The van der Waals surface area contributed by atoms with Crippen LogP contribution in [0.15, 0.2) is 23.1 Å². The van der Waals surface area contributed by atoms with Gasteiger partial charge in [0.05, 0.1) is 10.5 Å². The molecule has 3 aliphatic rings. The largest absolute Gasteiger partial charge is 0.390 e. The van der Waals surface area contributed by atoms with Crippen LogP contribution in [0.5, 0.6) is 0 Å². The van der Waals surface area contributed by atoms with Crippen molar-refractivity contribution in [3.05, 3.63) is 23.8 Å². The third-order valence-electron chi connectivity index (χ3n) is 7.08. The Kier molecular flexibility index (Phi) is 5.04. The van der Waals surface area contributed by atoms with E-state index in [0.29, 0.717) is 31.0 Å². The number of benzene rings is 1. The first-order valence-corrected chi connectivity index (χ1v) is 11.8. The van der Waals surface area contributed by atoms with Crippen LogP contribution in [0.1, 0.15) is 51.5 Å². The molecule has 3 atom stereocenters. The predicted octanol–water partition coefficient (Wildman–Crippen LogP) is 2.55. The number of aryl methyl sites for hydroxylation is 1. The maximum Gasteiger partial charge on any atom is 0.243 e. The SMILES string of the molecule is CC[C@@]1(O)CCC[C@@H]2CN(S(=O)(=O)c3ccc4c(c3)CCCN4C(C)=O)C[C@@H]21. The van der Waals surface area contributed by atoms with Crippen LogP contribution in [-0.2, 0) is 21.2 Å². The van der Waals surface area contributed by atoms with E-state index in [1.807, 2.05) is 6.92 Å². The molecule has 1 aliphatic carbocycles. The van der Waals surface area contributed by atoms with E-state index in [4.69, 9.17) is 0 Å². The first kappa shape index (κ1) is 19.9. The lowest BCUT2D eigenvalue weighted by Gasteiger charge is -2.40. The zero-order valence-electron chi connectivity index (χ0n) is 16.7. The van der Waals surface area contributed by atoms with Crippen LogP contribution >= 0.6 is 0 Å². The van der Waals surface area contributed by atoms with Crippen LogP contribution in [0, 0.1) is 11.8 Å². The van der Waals surface area contributed by atoms with Crippen molar-refractivity contribution >= 4 is 21.6 Å². The standard InChI is InChI=1S/C21H30N2O4S/c1-3-21(25)10-4-6-17-13-22(14-19(17)21)28(26,27)18-8-9-20-16(12-18)7-5-11-23(20)15(2)24/h8-9,12,17,19,25H,3-7,10-11,13-14H2,1-2H3/t17-,19+,21-/m1/s1. The van der Waals surface area contributed by atoms with Crippen molar-refractivity contribution in [3.63, 3.8) is 0 Å². The second-order valence-corrected chi connectivity index (χ2v) is 10.5. The number of aliphatic hydroxyl groups is 1. The van der Waals surface area contributed by atoms with Crippen LogP contribution < -0.4 is 4.90 Å². The molecule has 2 heterocycles. The molecule has 7 heteroatoms. The third kappa shape index (κ3) is 3.17. The Hall–Kier alpha value is -1.44. The molecule has 28 heavy (non-hydrogen) atoms. The summed E-state index contributed by atoms with van der Waals surface area (Å²) >= 11 is 0. The van der Waals surface area contributed by atoms with E-state index in [1.165, 1.54) is 0 Å². The van der Waals surface area contributed by atoms with Crippen molar-refractivity contribution in [2.75, 3.05) is 24.5 Å². The number of carbonyl (C=O) groups excluding carboxylic acids is 1. The van der Waals surface area contributed by atoms with E-state index in [2.05, 4.69) is 0 Å². The summed E-state index contributed by atoms with van der Waals surface area (Å²) in [5.74, 6) is 0.241. The lowest BCUT2D eigenvalue weighted by Crippen LogP contribution is -2.44. The molecule has 1 aromatic carbocycles. The minimum absolute atomic E-state index is 0.0148. The van der Waals surface area contributed by atoms with Gasteiger partial charge in [0.2, 0.25) is 15.9 Å². The molecule has 0 unspecified atom stereocenters. The van der Waals surface area contributed by atoms with Gasteiger partial charge >= 0.3 is 0 Å². The van der Waals surface area contributed by atoms with Gasteiger partial charge in [-0.25, -0.2) is 8.42 Å². The summed E-state index contributed by atoms with van der Waals surface area (Å²) < 4.78 is 28.3. The summed E-state index contributed by atoms with van der Waals surface area (Å²) in [7, 11) is -3.61. The number of hydrogen-bond acceptors (Lipinski definition) is 4. The highest BCUT2D eigenvalue weighted by molar-refractivity contribution is 7.89. The number of nitrogens with zero attached hydrogens (tertiary/aromatic N) is 2. The number of amides is 1. The Balaban J connectivity index is 1.62. The molecule has 1 aromatic rings. The number of rotatable bonds is 3. The lowest BCUT2D eigenvalue weighted by atomic mass is 9.69. The molecule has 6 nitrogen and oxygen atoms in total. The monoisotopic (exact) mass is 406 g/mol. The summed E-state index contributed by atoms with van der Waals surface area (Å²) in [5.41, 5.74) is 1.00. The number of fused-ring (bicyclic) bond motifs is 2. The van der Waals surface area contributed by atoms with Gasteiger partial charge in [0.15, 0.2) is 0 Å². The molecule has 1 saturated heterocycles. The van der Waals surface area contributed by atoms with Gasteiger partial charge in [-0.05, 0) is 61.8 Å². The maximum atomic E-state index is 13.3. The van der Waals surface area contributed by atoms with Crippen molar-refractivity contribution in [2.45, 2.75) is 62.9 Å². The van der Waals surface area contributed by atoms with Gasteiger partial charge in [0, 0.05) is 38.2 Å². The normalized spacial score (nSPS) is 30.8. The summed E-state index contributed by atoms with van der Waals surface area (Å²) in [4.78, 5) is 13.9. The van der Waals surface area contributed by atoms with E-state index in [0.717, 1.165) is 43.4 Å². The summed E-state index contributed by atoms with van der Waals surface area (Å²) in [5, 5.41) is 11.0. The van der Waals surface area contributed by atoms with Crippen LogP contribution in [0.3, 0.4) is 0 Å². The molecule has 0 bridgehead atoms. The lowest BCUT2D eigenvalue weighted by molar-refractivity contribution is -0.116. The molecule has 2 fully saturated rings. The minimum Gasteiger partial charge on any atom is -0.390 e. The molecule has 1 amide bonds. The Labute approximate surface area is 167 Å². The summed E-state index contributed by atoms with van der Waals surface area (Å²) in [6.45, 7) is 5.10. The van der Waals surface area contributed by atoms with E-state index in [-0.39, 0.29) is 17.7 Å². The molecular formula is C21H30N2O4S.